The summed E-state index contributed by atoms with van der Waals surface area (Å²) in [4.78, 5) is 24.7. The van der Waals surface area contributed by atoms with Gasteiger partial charge in [-0.2, -0.15) is 0 Å². The lowest BCUT2D eigenvalue weighted by molar-refractivity contribution is -0.141. The smallest absolute Gasteiger partial charge is 0.306 e. The van der Waals surface area contributed by atoms with Crippen LogP contribution in [0.25, 0.3) is 0 Å². The topological polar surface area (TPSA) is 76.1 Å². The van der Waals surface area contributed by atoms with Gasteiger partial charge < -0.3 is 19.5 Å². The van der Waals surface area contributed by atoms with Gasteiger partial charge in [0.1, 0.15) is 5.82 Å². The molecule has 0 bridgehead atoms. The SMILES string of the molecule is COCc1cc(C(=O)N2CCO[C@@H](CC(=O)O)C2)ccc1F. The van der Waals surface area contributed by atoms with Crippen molar-refractivity contribution in [3.05, 3.63) is 35.1 Å². The van der Waals surface area contributed by atoms with E-state index in [1.807, 2.05) is 0 Å². The van der Waals surface area contributed by atoms with E-state index in [1.54, 1.807) is 0 Å². The van der Waals surface area contributed by atoms with Crippen LogP contribution in [-0.2, 0) is 20.9 Å². The second-order valence-electron chi connectivity index (χ2n) is 5.08. The van der Waals surface area contributed by atoms with Crippen LogP contribution in [0.4, 0.5) is 4.39 Å². The van der Waals surface area contributed by atoms with Crippen molar-refractivity contribution in [3.8, 4) is 0 Å². The van der Waals surface area contributed by atoms with Crippen LogP contribution in [0.15, 0.2) is 18.2 Å². The Morgan fingerprint density at radius 1 is 1.50 bits per heavy atom. The quantitative estimate of drug-likeness (QED) is 0.887. The first-order chi connectivity index (χ1) is 10.5. The fourth-order valence-electron chi connectivity index (χ4n) is 2.38. The first kappa shape index (κ1) is 16.4. The zero-order chi connectivity index (χ0) is 16.1. The van der Waals surface area contributed by atoms with E-state index in [1.165, 1.54) is 30.2 Å². The second-order valence-corrected chi connectivity index (χ2v) is 5.08. The molecule has 1 saturated heterocycles. The molecule has 1 amide bonds. The van der Waals surface area contributed by atoms with Crippen LogP contribution in [0.3, 0.4) is 0 Å². The van der Waals surface area contributed by atoms with Crippen LogP contribution in [0, 0.1) is 5.82 Å². The Hall–Kier alpha value is -1.99. The van der Waals surface area contributed by atoms with Gasteiger partial charge in [0.15, 0.2) is 0 Å². The minimum absolute atomic E-state index is 0.0811. The minimum atomic E-state index is -0.969. The van der Waals surface area contributed by atoms with Crippen molar-refractivity contribution >= 4 is 11.9 Å². The number of halogens is 1. The number of carbonyl (C=O) groups excluding carboxylic acids is 1. The molecular weight excluding hydrogens is 293 g/mol. The molecule has 0 unspecified atom stereocenters. The average molecular weight is 311 g/mol. The Bertz CT molecular complexity index is 563. The third-order valence-electron chi connectivity index (χ3n) is 3.42. The number of amides is 1. The molecule has 0 saturated carbocycles. The van der Waals surface area contributed by atoms with Crippen molar-refractivity contribution in [2.24, 2.45) is 0 Å². The molecule has 1 aromatic rings. The highest BCUT2D eigenvalue weighted by Crippen LogP contribution is 2.16. The van der Waals surface area contributed by atoms with Gasteiger partial charge in [0.25, 0.3) is 5.91 Å². The summed E-state index contributed by atoms with van der Waals surface area (Å²) < 4.78 is 23.8. The summed E-state index contributed by atoms with van der Waals surface area (Å²) in [6.07, 6.45) is -0.670. The largest absolute Gasteiger partial charge is 0.481 e. The first-order valence-electron chi connectivity index (χ1n) is 6.91. The Morgan fingerprint density at radius 2 is 2.27 bits per heavy atom. The lowest BCUT2D eigenvalue weighted by atomic mass is 10.1. The Balaban J connectivity index is 2.10. The van der Waals surface area contributed by atoms with Gasteiger partial charge in [-0.25, -0.2) is 4.39 Å². The number of hydrogen-bond acceptors (Lipinski definition) is 4. The summed E-state index contributed by atoms with van der Waals surface area (Å²) in [5.74, 6) is -1.66. The molecular formula is C15H18FNO5. The molecule has 7 heteroatoms. The number of carbonyl (C=O) groups is 2. The molecule has 0 spiro atoms. The van der Waals surface area contributed by atoms with Crippen molar-refractivity contribution in [3.63, 3.8) is 0 Å². The number of aliphatic carboxylic acids is 1. The zero-order valence-corrected chi connectivity index (χ0v) is 12.3. The number of carboxylic acid groups (broad SMARTS) is 1. The number of ether oxygens (including phenoxy) is 2. The highest BCUT2D eigenvalue weighted by atomic mass is 19.1. The highest BCUT2D eigenvalue weighted by molar-refractivity contribution is 5.94. The van der Waals surface area contributed by atoms with Crippen LogP contribution in [0.1, 0.15) is 22.3 Å². The van der Waals surface area contributed by atoms with Gasteiger partial charge >= 0.3 is 5.97 Å². The number of methoxy groups -OCH3 is 1. The zero-order valence-electron chi connectivity index (χ0n) is 12.3. The predicted octanol–water partition coefficient (Wildman–Crippen LogP) is 1.29. The molecule has 1 atom stereocenters. The summed E-state index contributed by atoms with van der Waals surface area (Å²) >= 11 is 0. The van der Waals surface area contributed by atoms with Crippen LogP contribution in [0.2, 0.25) is 0 Å². The van der Waals surface area contributed by atoms with Crippen LogP contribution >= 0.6 is 0 Å². The molecule has 0 aromatic heterocycles. The lowest BCUT2D eigenvalue weighted by Crippen LogP contribution is -2.46. The van der Waals surface area contributed by atoms with E-state index in [0.29, 0.717) is 17.7 Å². The van der Waals surface area contributed by atoms with Gasteiger partial charge in [-0.1, -0.05) is 0 Å². The van der Waals surface area contributed by atoms with E-state index in [9.17, 15) is 14.0 Å². The van der Waals surface area contributed by atoms with Gasteiger partial charge in [0, 0.05) is 31.3 Å². The van der Waals surface area contributed by atoms with E-state index in [0.717, 1.165) is 0 Å². The summed E-state index contributed by atoms with van der Waals surface area (Å²) in [7, 11) is 1.45. The normalized spacial score (nSPS) is 18.3. The molecule has 1 aliphatic rings. The molecule has 1 fully saturated rings. The van der Waals surface area contributed by atoms with E-state index in [4.69, 9.17) is 14.6 Å². The summed E-state index contributed by atoms with van der Waals surface area (Å²) in [5, 5.41) is 8.79. The lowest BCUT2D eigenvalue weighted by Gasteiger charge is -2.32. The summed E-state index contributed by atoms with van der Waals surface area (Å²) in [5.41, 5.74) is 0.660. The maximum Gasteiger partial charge on any atom is 0.306 e. The van der Waals surface area contributed by atoms with E-state index in [-0.39, 0.29) is 32.1 Å². The number of rotatable bonds is 5. The molecule has 0 radical (unpaired) electrons. The van der Waals surface area contributed by atoms with Crippen molar-refractivity contribution in [1.29, 1.82) is 0 Å². The molecule has 1 aliphatic heterocycles. The van der Waals surface area contributed by atoms with Crippen LogP contribution in [0.5, 0.6) is 0 Å². The van der Waals surface area contributed by atoms with Gasteiger partial charge in [-0.15, -0.1) is 0 Å². The molecule has 0 aliphatic carbocycles. The second kappa shape index (κ2) is 7.33. The monoisotopic (exact) mass is 311 g/mol. The Morgan fingerprint density at radius 3 is 2.95 bits per heavy atom. The summed E-state index contributed by atoms with van der Waals surface area (Å²) in [6, 6.07) is 4.11. The molecule has 2 rings (SSSR count). The Kier molecular flexibility index (Phi) is 5.46. The number of hydrogen-bond donors (Lipinski definition) is 1. The fourth-order valence-corrected chi connectivity index (χ4v) is 2.38. The minimum Gasteiger partial charge on any atom is -0.481 e. The maximum atomic E-state index is 13.6. The van der Waals surface area contributed by atoms with Gasteiger partial charge in [0.2, 0.25) is 0 Å². The van der Waals surface area contributed by atoms with E-state index >= 15 is 0 Å². The van der Waals surface area contributed by atoms with Crippen molar-refractivity contribution in [2.45, 2.75) is 19.1 Å². The number of morpholine rings is 1. The summed E-state index contributed by atoms with van der Waals surface area (Å²) in [6.45, 7) is 0.960. The first-order valence-corrected chi connectivity index (χ1v) is 6.91. The predicted molar refractivity (Wildman–Crippen MR) is 75.0 cm³/mol. The Labute approximate surface area is 127 Å². The number of nitrogens with zero attached hydrogens (tertiary/aromatic N) is 1. The van der Waals surface area contributed by atoms with Crippen LogP contribution < -0.4 is 0 Å². The van der Waals surface area contributed by atoms with Crippen molar-refractivity contribution in [2.75, 3.05) is 26.8 Å². The van der Waals surface area contributed by atoms with E-state index < -0.39 is 17.9 Å². The standard InChI is InChI=1S/C15H18FNO5/c1-21-9-11-6-10(2-3-13(11)16)15(20)17-4-5-22-12(8-17)7-14(18)19/h2-3,6,12H,4-5,7-9H2,1H3,(H,18,19)/t12-/m0/s1. The van der Waals surface area contributed by atoms with Crippen LogP contribution in [-0.4, -0.2) is 54.8 Å². The average Bonchev–Trinajstić information content (AvgIpc) is 2.48. The third-order valence-corrected chi connectivity index (χ3v) is 3.42. The fraction of sp³-hybridized carbons (Fsp3) is 0.467. The van der Waals surface area contributed by atoms with Gasteiger partial charge in [-0.05, 0) is 18.2 Å². The van der Waals surface area contributed by atoms with Gasteiger partial charge in [-0.3, -0.25) is 9.59 Å². The third kappa shape index (κ3) is 4.02. The van der Waals surface area contributed by atoms with Crippen molar-refractivity contribution in [1.82, 2.24) is 4.90 Å². The molecule has 6 nitrogen and oxygen atoms in total. The molecule has 1 aromatic carbocycles. The maximum absolute atomic E-state index is 13.6. The number of carboxylic acids is 1. The molecule has 1 heterocycles. The van der Waals surface area contributed by atoms with Gasteiger partial charge in [0.05, 0.1) is 25.7 Å². The van der Waals surface area contributed by atoms with E-state index in [2.05, 4.69) is 0 Å². The molecule has 1 N–H and O–H groups in total. The number of benzene rings is 1. The molecule has 22 heavy (non-hydrogen) atoms. The van der Waals surface area contributed by atoms with Crippen molar-refractivity contribution < 1.29 is 28.6 Å². The highest BCUT2D eigenvalue weighted by Gasteiger charge is 2.26. The molecule has 120 valence electrons.